The summed E-state index contributed by atoms with van der Waals surface area (Å²) in [5.74, 6) is -0.852. The van der Waals surface area contributed by atoms with Crippen LogP contribution in [0.3, 0.4) is 0 Å². The van der Waals surface area contributed by atoms with Crippen molar-refractivity contribution in [2.45, 2.75) is 31.3 Å². The molecule has 0 unspecified atom stereocenters. The van der Waals surface area contributed by atoms with E-state index in [9.17, 15) is 12.8 Å². The number of nitrogens with one attached hydrogen (secondary N) is 1. The van der Waals surface area contributed by atoms with Crippen molar-refractivity contribution in [2.75, 3.05) is 29.8 Å². The number of hydrogen-bond donors (Lipinski definition) is 1. The van der Waals surface area contributed by atoms with E-state index >= 15 is 0 Å². The molecule has 3 aromatic rings. The number of benzene rings is 2. The molecular weight excluding hydrogens is 471 g/mol. The molecule has 0 spiro atoms. The molecule has 1 aliphatic heterocycles. The number of anilines is 2. The summed E-state index contributed by atoms with van der Waals surface area (Å²) in [5, 5.41) is 1.98. The number of sulfonamides is 1. The first-order valence-corrected chi connectivity index (χ1v) is 12.5. The van der Waals surface area contributed by atoms with Gasteiger partial charge in [-0.25, -0.2) is 17.8 Å². The van der Waals surface area contributed by atoms with E-state index in [2.05, 4.69) is 26.7 Å². The molecule has 1 aromatic heterocycles. The highest BCUT2D eigenvalue weighted by molar-refractivity contribution is 7.93. The van der Waals surface area contributed by atoms with Gasteiger partial charge in [0.15, 0.2) is 5.13 Å². The van der Waals surface area contributed by atoms with Crippen molar-refractivity contribution in [1.82, 2.24) is 9.88 Å². The molecule has 1 aliphatic rings. The van der Waals surface area contributed by atoms with E-state index in [4.69, 9.17) is 11.6 Å². The summed E-state index contributed by atoms with van der Waals surface area (Å²) in [6, 6.07) is 12.7. The maximum Gasteiger partial charge on any atom is 0.266 e. The molecule has 2 aromatic carbocycles. The molecule has 0 saturated carbocycles. The Kier molecular flexibility index (Phi) is 7.76. The van der Waals surface area contributed by atoms with Gasteiger partial charge in [-0.2, -0.15) is 0 Å². The standard InChI is InChI=1S/C21H22ClFN4O2S2.CH4/c1-26(16-7-9-27(14-16)13-15-5-3-2-4-6-15)19-12-18(23)20(11-17(19)22)31(28,29)25-21-24-8-10-30-21;/h2-6,8,10-12,16H,7,9,13-14H2,1H3,(H,24,25);1H4/t16-;/m0./s1. The molecule has 10 heteroatoms. The van der Waals surface area contributed by atoms with Gasteiger partial charge in [0.05, 0.1) is 10.7 Å². The Morgan fingerprint density at radius 2 is 2.06 bits per heavy atom. The monoisotopic (exact) mass is 496 g/mol. The smallest absolute Gasteiger partial charge is 0.266 e. The lowest BCUT2D eigenvalue weighted by atomic mass is 10.2. The van der Waals surface area contributed by atoms with Gasteiger partial charge in [-0.3, -0.25) is 9.62 Å². The van der Waals surface area contributed by atoms with Gasteiger partial charge in [0.2, 0.25) is 0 Å². The predicted molar refractivity (Wildman–Crippen MR) is 130 cm³/mol. The molecule has 0 amide bonds. The maximum absolute atomic E-state index is 14.8. The molecule has 1 saturated heterocycles. The molecule has 0 radical (unpaired) electrons. The lowest BCUT2D eigenvalue weighted by Gasteiger charge is -2.28. The van der Waals surface area contributed by atoms with E-state index in [0.717, 1.165) is 43.5 Å². The van der Waals surface area contributed by atoms with Crippen LogP contribution in [0, 0.1) is 5.82 Å². The van der Waals surface area contributed by atoms with Crippen LogP contribution in [0.2, 0.25) is 5.02 Å². The fourth-order valence-corrected chi connectivity index (χ4v) is 5.99. The number of aromatic nitrogens is 1. The van der Waals surface area contributed by atoms with Gasteiger partial charge in [-0.1, -0.05) is 49.4 Å². The van der Waals surface area contributed by atoms with Crippen molar-refractivity contribution in [3.05, 3.63) is 70.4 Å². The summed E-state index contributed by atoms with van der Waals surface area (Å²) >= 11 is 7.51. The Balaban J connectivity index is 0.00000289. The second-order valence-electron chi connectivity index (χ2n) is 7.45. The SMILES string of the molecule is C.CN(c1cc(F)c(S(=O)(=O)Nc2nccs2)cc1Cl)[C@H]1CCN(Cc2ccccc2)C1. The van der Waals surface area contributed by atoms with E-state index in [-0.39, 0.29) is 23.6 Å². The fraction of sp³-hybridized carbons (Fsp3) is 0.318. The van der Waals surface area contributed by atoms with E-state index in [1.165, 1.54) is 17.8 Å². The molecule has 1 atom stereocenters. The Morgan fingerprint density at radius 1 is 1.31 bits per heavy atom. The Morgan fingerprint density at radius 3 is 2.75 bits per heavy atom. The van der Waals surface area contributed by atoms with Crippen LogP contribution in [0.15, 0.2) is 58.9 Å². The fourth-order valence-electron chi connectivity index (χ4n) is 3.75. The minimum absolute atomic E-state index is 0. The Labute approximate surface area is 197 Å². The number of halogens is 2. The molecule has 32 heavy (non-hydrogen) atoms. The zero-order chi connectivity index (χ0) is 22.0. The van der Waals surface area contributed by atoms with Gasteiger partial charge in [-0.05, 0) is 18.1 Å². The normalized spacial score (nSPS) is 16.5. The van der Waals surface area contributed by atoms with Crippen molar-refractivity contribution in [2.24, 2.45) is 0 Å². The highest BCUT2D eigenvalue weighted by Crippen LogP contribution is 2.33. The third-order valence-corrected chi connectivity index (χ3v) is 7.84. The van der Waals surface area contributed by atoms with Crippen LogP contribution in [0.1, 0.15) is 19.4 Å². The summed E-state index contributed by atoms with van der Waals surface area (Å²) < 4.78 is 42.2. The van der Waals surface area contributed by atoms with Crippen LogP contribution < -0.4 is 9.62 Å². The third kappa shape index (κ3) is 5.40. The zero-order valence-electron chi connectivity index (χ0n) is 16.8. The van der Waals surface area contributed by atoms with Crippen molar-refractivity contribution in [1.29, 1.82) is 0 Å². The van der Waals surface area contributed by atoms with Crippen LogP contribution >= 0.6 is 22.9 Å². The molecule has 0 aliphatic carbocycles. The number of likely N-dealkylation sites (tertiary alicyclic amines) is 1. The molecule has 0 bridgehead atoms. The van der Waals surface area contributed by atoms with Crippen LogP contribution in [-0.2, 0) is 16.6 Å². The van der Waals surface area contributed by atoms with Gasteiger partial charge in [-0.15, -0.1) is 11.3 Å². The van der Waals surface area contributed by atoms with Gasteiger partial charge in [0, 0.05) is 50.4 Å². The average molecular weight is 497 g/mol. The van der Waals surface area contributed by atoms with Gasteiger partial charge in [0.1, 0.15) is 10.7 Å². The van der Waals surface area contributed by atoms with Gasteiger partial charge >= 0.3 is 0 Å². The quantitative estimate of drug-likeness (QED) is 0.494. The highest BCUT2D eigenvalue weighted by Gasteiger charge is 2.29. The Bertz CT molecular complexity index is 1140. The summed E-state index contributed by atoms with van der Waals surface area (Å²) in [6.07, 6.45) is 2.37. The number of nitrogens with zero attached hydrogens (tertiary/aromatic N) is 3. The largest absolute Gasteiger partial charge is 0.369 e. The maximum atomic E-state index is 14.8. The van der Waals surface area contributed by atoms with E-state index in [0.29, 0.717) is 5.69 Å². The molecule has 1 fully saturated rings. The lowest BCUT2D eigenvalue weighted by molar-refractivity contribution is 0.326. The van der Waals surface area contributed by atoms with Gasteiger partial charge < -0.3 is 4.90 Å². The number of thiazole rings is 1. The minimum Gasteiger partial charge on any atom is -0.369 e. The molecule has 2 heterocycles. The minimum atomic E-state index is -4.13. The zero-order valence-corrected chi connectivity index (χ0v) is 19.2. The first kappa shape index (κ1) is 24.4. The summed E-state index contributed by atoms with van der Waals surface area (Å²) in [5.41, 5.74) is 1.72. The van der Waals surface area contributed by atoms with Crippen molar-refractivity contribution in [3.63, 3.8) is 0 Å². The summed E-state index contributed by atoms with van der Waals surface area (Å²) in [4.78, 5) is 7.65. The van der Waals surface area contributed by atoms with Crippen LogP contribution in [0.25, 0.3) is 0 Å². The highest BCUT2D eigenvalue weighted by atomic mass is 35.5. The van der Waals surface area contributed by atoms with Gasteiger partial charge in [0.25, 0.3) is 10.0 Å². The van der Waals surface area contributed by atoms with E-state index < -0.39 is 20.7 Å². The van der Waals surface area contributed by atoms with E-state index in [1.54, 1.807) is 5.38 Å². The first-order valence-electron chi connectivity index (χ1n) is 9.74. The second kappa shape index (κ2) is 10.2. The van der Waals surface area contributed by atoms with Crippen molar-refractivity contribution in [3.8, 4) is 0 Å². The molecule has 1 N–H and O–H groups in total. The average Bonchev–Trinajstić information content (AvgIpc) is 3.41. The van der Waals surface area contributed by atoms with Crippen LogP contribution in [-0.4, -0.2) is 44.5 Å². The van der Waals surface area contributed by atoms with E-state index in [1.807, 2.05) is 30.1 Å². The summed E-state index contributed by atoms with van der Waals surface area (Å²) in [7, 11) is -2.27. The van der Waals surface area contributed by atoms with Crippen molar-refractivity contribution < 1.29 is 12.8 Å². The number of hydrogen-bond acceptors (Lipinski definition) is 6. The molecule has 172 valence electrons. The molecular formula is C22H26ClFN4O2S2. The van der Waals surface area contributed by atoms with Crippen LogP contribution in [0.4, 0.5) is 15.2 Å². The first-order chi connectivity index (χ1) is 14.8. The Hall–Kier alpha value is -2.20. The second-order valence-corrected chi connectivity index (χ2v) is 10.4. The van der Waals surface area contributed by atoms with Crippen molar-refractivity contribution >= 4 is 43.8 Å². The third-order valence-electron chi connectivity index (χ3n) is 5.37. The number of rotatable bonds is 7. The van der Waals surface area contributed by atoms with Crippen LogP contribution in [0.5, 0.6) is 0 Å². The molecule has 6 nitrogen and oxygen atoms in total. The lowest BCUT2D eigenvalue weighted by Crippen LogP contribution is -2.34. The number of likely N-dealkylation sites (N-methyl/N-ethyl adjacent to an activating group) is 1. The predicted octanol–water partition coefficient (Wildman–Crippen LogP) is 5.08. The molecule has 4 rings (SSSR count). The topological polar surface area (TPSA) is 65.5 Å². The summed E-state index contributed by atoms with van der Waals surface area (Å²) in [6.45, 7) is 2.59.